The van der Waals surface area contributed by atoms with Gasteiger partial charge < -0.3 is 5.73 Å². The molecule has 0 heterocycles. The molecule has 0 aromatic rings. The Labute approximate surface area is 92.2 Å². The fourth-order valence-electron chi connectivity index (χ4n) is 2.05. The molecule has 1 saturated carbocycles. The van der Waals surface area contributed by atoms with E-state index in [-0.39, 0.29) is 5.91 Å². The van der Waals surface area contributed by atoms with Crippen LogP contribution in [0.1, 0.15) is 45.4 Å². The topological polar surface area (TPSA) is 58.4 Å². The molecule has 4 nitrogen and oxygen atoms in total. The third kappa shape index (κ3) is 4.18. The summed E-state index contributed by atoms with van der Waals surface area (Å²) in [6.45, 7) is 3.14. The van der Waals surface area contributed by atoms with Crippen LogP contribution in [0.5, 0.6) is 0 Å². The minimum absolute atomic E-state index is 0.116. The number of nitrogens with two attached hydrogens (primary N) is 1. The minimum atomic E-state index is 0.116. The Balaban J connectivity index is 2.34. The Morgan fingerprint density at radius 2 is 2.07 bits per heavy atom. The maximum absolute atomic E-state index is 11.6. The van der Waals surface area contributed by atoms with Crippen molar-refractivity contribution in [3.8, 4) is 0 Å². The number of amides is 1. The van der Waals surface area contributed by atoms with Crippen molar-refractivity contribution in [1.82, 2.24) is 10.4 Å². The van der Waals surface area contributed by atoms with Crippen molar-refractivity contribution < 1.29 is 4.79 Å². The van der Waals surface area contributed by atoms with Crippen molar-refractivity contribution in [2.45, 2.75) is 51.5 Å². The van der Waals surface area contributed by atoms with E-state index in [2.05, 4.69) is 5.43 Å². The zero-order valence-electron chi connectivity index (χ0n) is 9.67. The first-order valence-electron chi connectivity index (χ1n) is 6.04. The number of nitrogens with one attached hydrogen (secondary N) is 1. The molecular formula is C11H23N3O. The van der Waals surface area contributed by atoms with E-state index < -0.39 is 0 Å². The zero-order chi connectivity index (χ0) is 11.1. The van der Waals surface area contributed by atoms with Gasteiger partial charge in [-0.1, -0.05) is 19.3 Å². The van der Waals surface area contributed by atoms with Gasteiger partial charge in [-0.2, -0.15) is 0 Å². The first kappa shape index (κ1) is 12.5. The monoisotopic (exact) mass is 213 g/mol. The minimum Gasteiger partial charge on any atom is -0.330 e. The largest absolute Gasteiger partial charge is 0.330 e. The average Bonchev–Trinajstić information content (AvgIpc) is 2.27. The van der Waals surface area contributed by atoms with Crippen LogP contribution in [-0.2, 0) is 4.79 Å². The molecule has 0 aromatic carbocycles. The van der Waals surface area contributed by atoms with Crippen molar-refractivity contribution in [2.75, 3.05) is 13.1 Å². The van der Waals surface area contributed by atoms with Crippen molar-refractivity contribution in [3.05, 3.63) is 0 Å². The van der Waals surface area contributed by atoms with E-state index in [0.29, 0.717) is 19.0 Å². The zero-order valence-corrected chi connectivity index (χ0v) is 9.67. The van der Waals surface area contributed by atoms with Gasteiger partial charge in [0, 0.05) is 25.6 Å². The van der Waals surface area contributed by atoms with E-state index in [4.69, 9.17) is 5.73 Å². The number of hydrazine groups is 1. The summed E-state index contributed by atoms with van der Waals surface area (Å²) in [5, 5.41) is 1.73. The van der Waals surface area contributed by atoms with E-state index >= 15 is 0 Å². The van der Waals surface area contributed by atoms with Gasteiger partial charge in [0.1, 0.15) is 0 Å². The molecule has 1 rings (SSSR count). The van der Waals surface area contributed by atoms with Crippen LogP contribution in [0.4, 0.5) is 0 Å². The van der Waals surface area contributed by atoms with Crippen LogP contribution >= 0.6 is 0 Å². The van der Waals surface area contributed by atoms with E-state index in [1.165, 1.54) is 32.1 Å². The highest BCUT2D eigenvalue weighted by atomic mass is 16.2. The van der Waals surface area contributed by atoms with Crippen LogP contribution in [-0.4, -0.2) is 30.0 Å². The number of hydrogen-bond acceptors (Lipinski definition) is 3. The predicted molar refractivity (Wildman–Crippen MR) is 61.1 cm³/mol. The summed E-state index contributed by atoms with van der Waals surface area (Å²) in [5.74, 6) is 0.116. The average molecular weight is 213 g/mol. The Kier molecular flexibility index (Phi) is 5.65. The van der Waals surface area contributed by atoms with Crippen molar-refractivity contribution in [2.24, 2.45) is 5.73 Å². The SMILES string of the molecule is CCN(NC1CCCCC1)C(=O)CCN. The Bertz CT molecular complexity index is 190. The first-order chi connectivity index (χ1) is 7.27. The molecule has 0 saturated heterocycles. The molecular weight excluding hydrogens is 190 g/mol. The number of carbonyl (C=O) groups excluding carboxylic acids is 1. The number of hydrogen-bond donors (Lipinski definition) is 2. The lowest BCUT2D eigenvalue weighted by atomic mass is 9.96. The van der Waals surface area contributed by atoms with Gasteiger partial charge in [-0.25, -0.2) is 5.43 Å². The van der Waals surface area contributed by atoms with Gasteiger partial charge in [0.15, 0.2) is 0 Å². The molecule has 0 spiro atoms. The highest BCUT2D eigenvalue weighted by molar-refractivity contribution is 5.75. The molecule has 1 amide bonds. The predicted octanol–water partition coefficient (Wildman–Crippen LogP) is 1.02. The lowest BCUT2D eigenvalue weighted by Gasteiger charge is -2.30. The molecule has 3 N–H and O–H groups in total. The second-order valence-corrected chi connectivity index (χ2v) is 4.14. The van der Waals surface area contributed by atoms with Gasteiger partial charge >= 0.3 is 0 Å². The van der Waals surface area contributed by atoms with Gasteiger partial charge in [0.05, 0.1) is 0 Å². The lowest BCUT2D eigenvalue weighted by Crippen LogP contribution is -2.49. The summed E-state index contributed by atoms with van der Waals surface area (Å²) in [6.07, 6.45) is 6.70. The van der Waals surface area contributed by atoms with Crippen LogP contribution in [0.15, 0.2) is 0 Å². The standard InChI is InChI=1S/C11H23N3O/c1-2-14(11(15)8-9-12)13-10-6-4-3-5-7-10/h10,13H,2-9,12H2,1H3. The van der Waals surface area contributed by atoms with Crippen molar-refractivity contribution in [3.63, 3.8) is 0 Å². The molecule has 0 radical (unpaired) electrons. The van der Waals surface area contributed by atoms with Crippen LogP contribution in [0.2, 0.25) is 0 Å². The molecule has 0 atom stereocenters. The quantitative estimate of drug-likeness (QED) is 0.670. The molecule has 0 aliphatic heterocycles. The van der Waals surface area contributed by atoms with Crippen LogP contribution in [0.3, 0.4) is 0 Å². The molecule has 0 aromatic heterocycles. The smallest absolute Gasteiger partial charge is 0.237 e. The summed E-state index contributed by atoms with van der Waals surface area (Å²) < 4.78 is 0. The second kappa shape index (κ2) is 6.80. The molecule has 4 heteroatoms. The summed E-state index contributed by atoms with van der Waals surface area (Å²) in [5.41, 5.74) is 8.70. The maximum atomic E-state index is 11.6. The molecule has 0 bridgehead atoms. The maximum Gasteiger partial charge on any atom is 0.237 e. The highest BCUT2D eigenvalue weighted by Gasteiger charge is 2.18. The van der Waals surface area contributed by atoms with Gasteiger partial charge in [0.2, 0.25) is 5.91 Å². The normalized spacial score (nSPS) is 17.7. The van der Waals surface area contributed by atoms with Gasteiger partial charge in [-0.05, 0) is 19.8 Å². The molecule has 1 aliphatic carbocycles. The van der Waals surface area contributed by atoms with Gasteiger partial charge in [0.25, 0.3) is 0 Å². The molecule has 0 unspecified atom stereocenters. The first-order valence-corrected chi connectivity index (χ1v) is 6.04. The van der Waals surface area contributed by atoms with E-state index in [9.17, 15) is 4.79 Å². The Morgan fingerprint density at radius 3 is 2.60 bits per heavy atom. The Hall–Kier alpha value is -0.610. The lowest BCUT2D eigenvalue weighted by molar-refractivity contribution is -0.134. The third-order valence-electron chi connectivity index (χ3n) is 2.92. The Morgan fingerprint density at radius 1 is 1.40 bits per heavy atom. The van der Waals surface area contributed by atoms with Gasteiger partial charge in [-0.3, -0.25) is 9.80 Å². The highest BCUT2D eigenvalue weighted by Crippen LogP contribution is 2.17. The fourth-order valence-corrected chi connectivity index (χ4v) is 2.05. The molecule has 15 heavy (non-hydrogen) atoms. The second-order valence-electron chi connectivity index (χ2n) is 4.14. The van der Waals surface area contributed by atoms with E-state index in [0.717, 1.165) is 6.54 Å². The number of rotatable bonds is 5. The van der Waals surface area contributed by atoms with Crippen LogP contribution in [0, 0.1) is 0 Å². The molecule has 1 aliphatic rings. The van der Waals surface area contributed by atoms with Crippen molar-refractivity contribution >= 4 is 5.91 Å². The summed E-state index contributed by atoms with van der Waals surface area (Å²) in [6, 6.07) is 0.487. The van der Waals surface area contributed by atoms with E-state index in [1.54, 1.807) is 5.01 Å². The van der Waals surface area contributed by atoms with E-state index in [1.807, 2.05) is 6.92 Å². The summed E-state index contributed by atoms with van der Waals surface area (Å²) in [7, 11) is 0. The van der Waals surface area contributed by atoms with Gasteiger partial charge in [-0.15, -0.1) is 0 Å². The summed E-state index contributed by atoms with van der Waals surface area (Å²) >= 11 is 0. The van der Waals surface area contributed by atoms with Crippen LogP contribution < -0.4 is 11.2 Å². The number of nitrogens with zero attached hydrogens (tertiary/aromatic N) is 1. The van der Waals surface area contributed by atoms with Crippen LogP contribution in [0.25, 0.3) is 0 Å². The molecule has 88 valence electrons. The third-order valence-corrected chi connectivity index (χ3v) is 2.92. The fraction of sp³-hybridized carbons (Fsp3) is 0.909. The van der Waals surface area contributed by atoms with Crippen molar-refractivity contribution in [1.29, 1.82) is 0 Å². The molecule has 1 fully saturated rings. The summed E-state index contributed by atoms with van der Waals surface area (Å²) in [4.78, 5) is 11.6. The number of carbonyl (C=O) groups is 1.